The lowest BCUT2D eigenvalue weighted by Crippen LogP contribution is -2.50. The molecule has 1 aromatic carbocycles. The van der Waals surface area contributed by atoms with Crippen LogP contribution in [-0.2, 0) is 17.4 Å². The lowest BCUT2D eigenvalue weighted by molar-refractivity contribution is -0.142. The van der Waals surface area contributed by atoms with E-state index in [1.54, 1.807) is 6.92 Å². The number of carboxylic acid groups (broad SMARTS) is 1. The highest BCUT2D eigenvalue weighted by atomic mass is 19.4. The Morgan fingerprint density at radius 2 is 1.91 bits per heavy atom. The molecule has 2 atom stereocenters. The second kappa shape index (κ2) is 8.47. The summed E-state index contributed by atoms with van der Waals surface area (Å²) in [5.74, 6) is 0.00240. The number of hydrogen-bond donors (Lipinski definition) is 1. The Balaban J connectivity index is 1.31. The molecule has 5 nitrogen and oxygen atoms in total. The number of benzene rings is 1. The van der Waals surface area contributed by atoms with Gasteiger partial charge in [0.2, 0.25) is 0 Å². The van der Waals surface area contributed by atoms with E-state index >= 15 is 0 Å². The Labute approximate surface area is 196 Å². The lowest BCUT2D eigenvalue weighted by atomic mass is 9.80. The van der Waals surface area contributed by atoms with Crippen LogP contribution in [0.1, 0.15) is 61.6 Å². The molecule has 1 spiro atoms. The molecule has 1 saturated carbocycles. The zero-order valence-corrected chi connectivity index (χ0v) is 19.1. The summed E-state index contributed by atoms with van der Waals surface area (Å²) in [6.45, 7) is 2.98. The molecule has 0 amide bonds. The molecule has 2 aromatic rings. The van der Waals surface area contributed by atoms with E-state index in [2.05, 4.69) is 17.1 Å². The molecular weight excluding hydrogens is 445 g/mol. The predicted octanol–water partition coefficient (Wildman–Crippen LogP) is 5.68. The molecule has 0 bridgehead atoms. The van der Waals surface area contributed by atoms with E-state index in [-0.39, 0.29) is 11.5 Å². The Morgan fingerprint density at radius 1 is 1.18 bits per heavy atom. The average Bonchev–Trinajstić information content (AvgIpc) is 3.64. The van der Waals surface area contributed by atoms with Crippen LogP contribution in [0.15, 0.2) is 36.7 Å². The van der Waals surface area contributed by atoms with Crippen LogP contribution in [0.5, 0.6) is 5.75 Å². The van der Waals surface area contributed by atoms with E-state index in [9.17, 15) is 23.1 Å². The number of aryl methyl sites for hydroxylation is 1. The number of anilines is 1. The van der Waals surface area contributed by atoms with Crippen LogP contribution >= 0.6 is 0 Å². The minimum atomic E-state index is -4.41. The average molecular weight is 475 g/mol. The van der Waals surface area contributed by atoms with Gasteiger partial charge in [-0.2, -0.15) is 13.2 Å². The van der Waals surface area contributed by atoms with Gasteiger partial charge in [-0.1, -0.05) is 19.1 Å². The van der Waals surface area contributed by atoms with Gasteiger partial charge in [-0.05, 0) is 60.8 Å². The summed E-state index contributed by atoms with van der Waals surface area (Å²) in [4.78, 5) is 17.4. The molecule has 34 heavy (non-hydrogen) atoms. The van der Waals surface area contributed by atoms with Crippen molar-refractivity contribution in [1.82, 2.24) is 4.98 Å². The highest BCUT2D eigenvalue weighted by Gasteiger charge is 2.42. The molecule has 1 N–H and O–H groups in total. The fraction of sp³-hybridized carbons (Fsp3) is 0.538. The van der Waals surface area contributed by atoms with Crippen molar-refractivity contribution in [3.63, 3.8) is 0 Å². The van der Waals surface area contributed by atoms with E-state index in [1.807, 2.05) is 11.0 Å². The third-order valence-corrected chi connectivity index (χ3v) is 7.80. The number of fused-ring (bicyclic) bond motifs is 1. The standard InChI is InChI=1S/C26H29F3N2O3/c1-16(24(32)33)23(18-3-4-18)19-5-2-17-6-7-25(34-22(17)12-19)8-10-31(11-9-25)21-13-20(14-30-15-21)26(27,28)29/h2,5,12-16,18,23H,3-4,6-11H2,1H3,(H,32,33)/t16-,23?/m0/s1. The SMILES string of the molecule is C[C@H](C(=O)O)C(c1ccc2c(c1)OC1(CC2)CCN(c2cncc(C(F)(F)F)c2)CC1)C1CC1. The zero-order valence-electron chi connectivity index (χ0n) is 19.1. The van der Waals surface area contributed by atoms with Crippen molar-refractivity contribution in [3.8, 4) is 5.75 Å². The topological polar surface area (TPSA) is 62.7 Å². The Hall–Kier alpha value is -2.77. The van der Waals surface area contributed by atoms with E-state index in [4.69, 9.17) is 4.74 Å². The van der Waals surface area contributed by atoms with Gasteiger partial charge < -0.3 is 14.7 Å². The summed E-state index contributed by atoms with van der Waals surface area (Å²) in [6.07, 6.45) is 3.22. The number of piperidine rings is 1. The smallest absolute Gasteiger partial charge is 0.417 e. The summed E-state index contributed by atoms with van der Waals surface area (Å²) < 4.78 is 45.8. The molecule has 182 valence electrons. The first-order valence-electron chi connectivity index (χ1n) is 12.0. The van der Waals surface area contributed by atoms with E-state index in [0.29, 0.717) is 37.5 Å². The van der Waals surface area contributed by atoms with Crippen LogP contribution in [0.2, 0.25) is 0 Å². The van der Waals surface area contributed by atoms with Crippen molar-refractivity contribution in [2.24, 2.45) is 11.8 Å². The molecule has 1 aromatic heterocycles. The number of carboxylic acids is 1. The fourth-order valence-corrected chi connectivity index (χ4v) is 5.59. The normalized spacial score (nSPS) is 21.5. The van der Waals surface area contributed by atoms with Gasteiger partial charge in [0.05, 0.1) is 23.4 Å². The molecule has 1 saturated heterocycles. The molecule has 1 unspecified atom stereocenters. The number of rotatable bonds is 5. The van der Waals surface area contributed by atoms with Crippen molar-refractivity contribution < 1.29 is 27.8 Å². The zero-order chi connectivity index (χ0) is 24.1. The maximum absolute atomic E-state index is 13.1. The molecule has 2 aliphatic heterocycles. The van der Waals surface area contributed by atoms with Crippen molar-refractivity contribution in [1.29, 1.82) is 0 Å². The molecule has 3 heterocycles. The molecule has 8 heteroatoms. The van der Waals surface area contributed by atoms with Crippen molar-refractivity contribution in [2.45, 2.75) is 63.1 Å². The Kier molecular flexibility index (Phi) is 5.73. The van der Waals surface area contributed by atoms with Crippen LogP contribution < -0.4 is 9.64 Å². The number of aliphatic carboxylic acids is 1. The number of hydrogen-bond acceptors (Lipinski definition) is 4. The van der Waals surface area contributed by atoms with Crippen molar-refractivity contribution in [3.05, 3.63) is 53.3 Å². The quantitative estimate of drug-likeness (QED) is 0.604. The summed E-state index contributed by atoms with van der Waals surface area (Å²) in [5, 5.41) is 9.61. The highest BCUT2D eigenvalue weighted by Crippen LogP contribution is 2.49. The monoisotopic (exact) mass is 474 g/mol. The number of nitrogens with zero attached hydrogens (tertiary/aromatic N) is 2. The first-order valence-corrected chi connectivity index (χ1v) is 12.0. The van der Waals surface area contributed by atoms with Crippen LogP contribution in [0, 0.1) is 11.8 Å². The van der Waals surface area contributed by atoms with Gasteiger partial charge in [0.15, 0.2) is 0 Å². The van der Waals surface area contributed by atoms with Gasteiger partial charge in [0, 0.05) is 32.1 Å². The molecule has 0 radical (unpaired) electrons. The second-order valence-electron chi connectivity index (χ2n) is 10.1. The van der Waals surface area contributed by atoms with Gasteiger partial charge in [-0.3, -0.25) is 9.78 Å². The van der Waals surface area contributed by atoms with Crippen molar-refractivity contribution >= 4 is 11.7 Å². The molecule has 5 rings (SSSR count). The molecule has 2 fully saturated rings. The number of pyridine rings is 1. The van der Waals surface area contributed by atoms with Gasteiger partial charge in [0.1, 0.15) is 11.4 Å². The summed E-state index contributed by atoms with van der Waals surface area (Å²) in [6, 6.07) is 7.34. The van der Waals surface area contributed by atoms with Gasteiger partial charge in [-0.25, -0.2) is 0 Å². The number of halogens is 3. The van der Waals surface area contributed by atoms with Crippen LogP contribution in [0.25, 0.3) is 0 Å². The highest BCUT2D eigenvalue weighted by molar-refractivity contribution is 5.71. The van der Waals surface area contributed by atoms with Crippen molar-refractivity contribution in [2.75, 3.05) is 18.0 Å². The second-order valence-corrected chi connectivity index (χ2v) is 10.1. The number of ether oxygens (including phenoxy) is 1. The van der Waals surface area contributed by atoms with E-state index in [0.717, 1.165) is 54.8 Å². The summed E-state index contributed by atoms with van der Waals surface area (Å²) in [5.41, 5.74) is 1.57. The maximum atomic E-state index is 13.1. The van der Waals surface area contributed by atoms with Crippen LogP contribution in [-0.4, -0.2) is 34.8 Å². The number of alkyl halides is 3. The number of carbonyl (C=O) groups is 1. The van der Waals surface area contributed by atoms with Crippen LogP contribution in [0.4, 0.5) is 18.9 Å². The first kappa shape index (κ1) is 23.0. The largest absolute Gasteiger partial charge is 0.487 e. The van der Waals surface area contributed by atoms with E-state index < -0.39 is 23.6 Å². The Morgan fingerprint density at radius 3 is 2.56 bits per heavy atom. The van der Waals surface area contributed by atoms with Crippen LogP contribution in [0.3, 0.4) is 0 Å². The first-order chi connectivity index (χ1) is 16.2. The molecule has 1 aliphatic carbocycles. The minimum absolute atomic E-state index is 0.0143. The fourth-order valence-electron chi connectivity index (χ4n) is 5.59. The van der Waals surface area contributed by atoms with Gasteiger partial charge in [-0.15, -0.1) is 0 Å². The summed E-state index contributed by atoms with van der Waals surface area (Å²) in [7, 11) is 0. The van der Waals surface area contributed by atoms with Gasteiger partial charge in [0.25, 0.3) is 0 Å². The lowest BCUT2D eigenvalue weighted by Gasteiger charge is -2.45. The maximum Gasteiger partial charge on any atom is 0.417 e. The Bertz CT molecular complexity index is 1080. The summed E-state index contributed by atoms with van der Waals surface area (Å²) >= 11 is 0. The predicted molar refractivity (Wildman–Crippen MR) is 121 cm³/mol. The molecule has 3 aliphatic rings. The van der Waals surface area contributed by atoms with Gasteiger partial charge >= 0.3 is 12.1 Å². The minimum Gasteiger partial charge on any atom is -0.487 e. The third-order valence-electron chi connectivity index (χ3n) is 7.80. The third kappa shape index (κ3) is 4.46. The van der Waals surface area contributed by atoms with E-state index in [1.165, 1.54) is 6.20 Å². The molecular formula is C26H29F3N2O3. The number of aromatic nitrogens is 1.